The number of amides is 3. The van der Waals surface area contributed by atoms with Crippen LogP contribution in [0, 0.1) is 0 Å². The van der Waals surface area contributed by atoms with Crippen LogP contribution in [0.1, 0.15) is 36.8 Å². The lowest BCUT2D eigenvalue weighted by Crippen LogP contribution is -2.57. The standard InChI is InChI=1S/C31H40N8O7/c32-21(15-18-7-2-1-3-8-18)27(42)37-24(12-13-26(40)41)29(44)38-23(11-6-14-35-31(33)34)28(43)39-25(30(45)46)16-19-17-36-22-10-5-4-9-20(19)22/h1-5,7-10,17,21,23-25,36H,6,11-16,32H2,(H,37,42)(H,38,44)(H,39,43)(H,40,41)(H,45,46)(H4,33,34,35). The molecule has 0 aliphatic heterocycles. The number of guanidine groups is 1. The first-order valence-corrected chi connectivity index (χ1v) is 14.7. The SMILES string of the molecule is NC(N)=NCCCC(NC(=O)C(CCC(=O)O)NC(=O)C(N)Cc1ccccc1)C(=O)NC(Cc1c[nH]c2ccccc12)C(=O)O. The van der Waals surface area contributed by atoms with Crippen LogP contribution in [-0.4, -0.2) is 81.5 Å². The van der Waals surface area contributed by atoms with Gasteiger partial charge in [-0.25, -0.2) is 4.79 Å². The van der Waals surface area contributed by atoms with Crippen molar-refractivity contribution in [2.75, 3.05) is 6.54 Å². The van der Waals surface area contributed by atoms with Gasteiger partial charge in [-0.05, 0) is 42.9 Å². The van der Waals surface area contributed by atoms with Crippen molar-refractivity contribution in [3.63, 3.8) is 0 Å². The monoisotopic (exact) mass is 636 g/mol. The highest BCUT2D eigenvalue weighted by molar-refractivity contribution is 5.94. The molecule has 246 valence electrons. The molecule has 12 N–H and O–H groups in total. The maximum atomic E-state index is 13.5. The van der Waals surface area contributed by atoms with Crippen molar-refractivity contribution in [3.8, 4) is 0 Å². The van der Waals surface area contributed by atoms with Gasteiger partial charge in [0.2, 0.25) is 17.7 Å². The lowest BCUT2D eigenvalue weighted by molar-refractivity contribution is -0.142. The number of nitrogens with one attached hydrogen (secondary N) is 4. The second kappa shape index (κ2) is 17.2. The predicted octanol–water partition coefficient (Wildman–Crippen LogP) is -0.262. The maximum absolute atomic E-state index is 13.5. The van der Waals surface area contributed by atoms with Crippen molar-refractivity contribution in [1.29, 1.82) is 0 Å². The Kier molecular flexibility index (Phi) is 13.1. The van der Waals surface area contributed by atoms with Crippen LogP contribution in [0.5, 0.6) is 0 Å². The van der Waals surface area contributed by atoms with Gasteiger partial charge in [-0.1, -0.05) is 48.5 Å². The number of aliphatic imine (C=N–C) groups is 1. The predicted molar refractivity (Wildman–Crippen MR) is 170 cm³/mol. The molecule has 1 heterocycles. The molecule has 46 heavy (non-hydrogen) atoms. The number of carboxylic acids is 2. The number of aliphatic carboxylic acids is 2. The van der Waals surface area contributed by atoms with Crippen LogP contribution in [0.15, 0.2) is 65.8 Å². The first-order chi connectivity index (χ1) is 21.9. The molecule has 3 rings (SSSR count). The third-order valence-corrected chi connectivity index (χ3v) is 7.21. The van der Waals surface area contributed by atoms with Crippen LogP contribution < -0.4 is 33.2 Å². The second-order valence-electron chi connectivity index (χ2n) is 10.8. The van der Waals surface area contributed by atoms with Crippen molar-refractivity contribution in [2.45, 2.75) is 62.7 Å². The molecule has 0 fully saturated rings. The van der Waals surface area contributed by atoms with Gasteiger partial charge in [0, 0.05) is 36.5 Å². The Morgan fingerprint density at radius 3 is 2.04 bits per heavy atom. The van der Waals surface area contributed by atoms with Gasteiger partial charge in [0.15, 0.2) is 5.96 Å². The molecule has 0 aliphatic carbocycles. The zero-order chi connectivity index (χ0) is 33.6. The number of carboxylic acid groups (broad SMARTS) is 2. The molecule has 4 atom stereocenters. The quantitative estimate of drug-likeness (QED) is 0.0501. The van der Waals surface area contributed by atoms with E-state index in [2.05, 4.69) is 25.9 Å². The van der Waals surface area contributed by atoms with E-state index < -0.39 is 60.2 Å². The Labute approximate surface area is 265 Å². The van der Waals surface area contributed by atoms with Crippen molar-refractivity contribution >= 4 is 46.5 Å². The highest BCUT2D eigenvalue weighted by Gasteiger charge is 2.31. The molecule has 3 aromatic rings. The number of carbonyl (C=O) groups excluding carboxylic acids is 3. The molecule has 0 bridgehead atoms. The van der Waals surface area contributed by atoms with Crippen LogP contribution in [0.3, 0.4) is 0 Å². The summed E-state index contributed by atoms with van der Waals surface area (Å²) in [7, 11) is 0. The van der Waals surface area contributed by atoms with E-state index in [4.69, 9.17) is 17.2 Å². The summed E-state index contributed by atoms with van der Waals surface area (Å²) < 4.78 is 0. The summed E-state index contributed by atoms with van der Waals surface area (Å²) >= 11 is 0. The highest BCUT2D eigenvalue weighted by atomic mass is 16.4. The molecule has 0 aliphatic rings. The fourth-order valence-corrected chi connectivity index (χ4v) is 4.81. The Balaban J connectivity index is 1.76. The number of para-hydroxylation sites is 1. The third kappa shape index (κ3) is 10.9. The maximum Gasteiger partial charge on any atom is 0.326 e. The van der Waals surface area contributed by atoms with E-state index in [0.29, 0.717) is 5.56 Å². The number of nitrogens with zero attached hydrogens (tertiary/aromatic N) is 1. The Morgan fingerprint density at radius 1 is 0.783 bits per heavy atom. The molecule has 3 amide bonds. The van der Waals surface area contributed by atoms with E-state index in [-0.39, 0.29) is 44.6 Å². The number of aromatic nitrogens is 1. The lowest BCUT2D eigenvalue weighted by Gasteiger charge is -2.25. The minimum absolute atomic E-state index is 0.000889. The van der Waals surface area contributed by atoms with Crippen molar-refractivity contribution in [2.24, 2.45) is 22.2 Å². The van der Waals surface area contributed by atoms with Crippen LogP contribution in [-0.2, 0) is 36.8 Å². The van der Waals surface area contributed by atoms with E-state index >= 15 is 0 Å². The van der Waals surface area contributed by atoms with Crippen LogP contribution >= 0.6 is 0 Å². The fraction of sp³-hybridized carbons (Fsp3) is 0.355. The zero-order valence-electron chi connectivity index (χ0n) is 25.1. The number of rotatable bonds is 18. The molecule has 1 aromatic heterocycles. The summed E-state index contributed by atoms with van der Waals surface area (Å²) in [6, 6.07) is 11.3. The number of hydrogen-bond acceptors (Lipinski definition) is 7. The van der Waals surface area contributed by atoms with E-state index in [1.54, 1.807) is 30.5 Å². The van der Waals surface area contributed by atoms with Gasteiger partial charge in [0.1, 0.15) is 18.1 Å². The Bertz CT molecular complexity index is 1540. The normalized spacial score (nSPS) is 13.5. The molecule has 0 radical (unpaired) electrons. The molecular formula is C31H40N8O7. The molecule has 0 spiro atoms. The van der Waals surface area contributed by atoms with Crippen LogP contribution in [0.25, 0.3) is 10.9 Å². The van der Waals surface area contributed by atoms with Gasteiger partial charge in [-0.2, -0.15) is 0 Å². The summed E-state index contributed by atoms with van der Waals surface area (Å²) in [4.78, 5) is 70.2. The van der Waals surface area contributed by atoms with Gasteiger partial charge in [-0.15, -0.1) is 0 Å². The summed E-state index contributed by atoms with van der Waals surface area (Å²) in [5.41, 5.74) is 19.1. The molecule has 15 nitrogen and oxygen atoms in total. The minimum atomic E-state index is -1.35. The Morgan fingerprint density at radius 2 is 1.39 bits per heavy atom. The smallest absolute Gasteiger partial charge is 0.326 e. The lowest BCUT2D eigenvalue weighted by atomic mass is 10.0. The van der Waals surface area contributed by atoms with Gasteiger partial charge in [0.05, 0.1) is 6.04 Å². The number of benzene rings is 2. The van der Waals surface area contributed by atoms with Gasteiger partial charge < -0.3 is 48.3 Å². The van der Waals surface area contributed by atoms with Crippen LogP contribution in [0.4, 0.5) is 0 Å². The fourth-order valence-electron chi connectivity index (χ4n) is 4.81. The molecule has 0 saturated heterocycles. The molecular weight excluding hydrogens is 596 g/mol. The largest absolute Gasteiger partial charge is 0.481 e. The van der Waals surface area contributed by atoms with Crippen LogP contribution in [0.2, 0.25) is 0 Å². The number of nitrogens with two attached hydrogens (primary N) is 3. The first kappa shape index (κ1) is 35.0. The second-order valence-corrected chi connectivity index (χ2v) is 10.8. The number of carbonyl (C=O) groups is 5. The summed E-state index contributed by atoms with van der Waals surface area (Å²) in [5.74, 6) is -4.98. The number of hydrogen-bond donors (Lipinski definition) is 9. The average molecular weight is 637 g/mol. The minimum Gasteiger partial charge on any atom is -0.481 e. The van der Waals surface area contributed by atoms with Gasteiger partial charge in [-0.3, -0.25) is 24.2 Å². The van der Waals surface area contributed by atoms with E-state index in [1.165, 1.54) is 0 Å². The van der Waals surface area contributed by atoms with Crippen molar-refractivity contribution in [3.05, 3.63) is 71.9 Å². The van der Waals surface area contributed by atoms with Gasteiger partial charge >= 0.3 is 11.9 Å². The number of H-pyrrole nitrogens is 1. The van der Waals surface area contributed by atoms with Crippen molar-refractivity contribution < 1.29 is 34.2 Å². The zero-order valence-corrected chi connectivity index (χ0v) is 25.1. The molecule has 0 saturated carbocycles. The average Bonchev–Trinajstić information content (AvgIpc) is 3.42. The van der Waals surface area contributed by atoms with E-state index in [9.17, 15) is 34.2 Å². The Hall–Kier alpha value is -5.44. The van der Waals surface area contributed by atoms with Crippen molar-refractivity contribution in [1.82, 2.24) is 20.9 Å². The molecule has 4 unspecified atom stereocenters. The van der Waals surface area contributed by atoms with E-state index in [0.717, 1.165) is 16.5 Å². The number of fused-ring (bicyclic) bond motifs is 1. The first-order valence-electron chi connectivity index (χ1n) is 14.7. The topological polar surface area (TPSA) is 268 Å². The highest BCUT2D eigenvalue weighted by Crippen LogP contribution is 2.19. The summed E-state index contributed by atoms with van der Waals surface area (Å²) in [5, 5.41) is 27.5. The summed E-state index contributed by atoms with van der Waals surface area (Å²) in [6.07, 6.45) is 1.27. The molecule has 2 aromatic carbocycles. The van der Waals surface area contributed by atoms with E-state index in [1.807, 2.05) is 30.3 Å². The summed E-state index contributed by atoms with van der Waals surface area (Å²) in [6.45, 7) is 0.118. The third-order valence-electron chi connectivity index (χ3n) is 7.21. The van der Waals surface area contributed by atoms with Gasteiger partial charge in [0.25, 0.3) is 0 Å². The number of aromatic amines is 1. The molecule has 15 heteroatoms.